The Morgan fingerprint density at radius 3 is 2.36 bits per heavy atom. The molecule has 0 aliphatic carbocycles. The van der Waals surface area contributed by atoms with Crippen LogP contribution in [0.25, 0.3) is 11.1 Å². The number of carboxylic acid groups (broad SMARTS) is 1. The van der Waals surface area contributed by atoms with Crippen LogP contribution in [0.15, 0.2) is 47.4 Å². The zero-order chi connectivity index (χ0) is 16.5. The van der Waals surface area contributed by atoms with Crippen molar-refractivity contribution in [1.29, 1.82) is 0 Å². The quantitative estimate of drug-likeness (QED) is 0.683. The van der Waals surface area contributed by atoms with Crippen molar-refractivity contribution in [3.8, 4) is 11.1 Å². The molecule has 0 atom stereocenters. The molecule has 7 nitrogen and oxygen atoms in total. The molecule has 114 valence electrons. The van der Waals surface area contributed by atoms with Crippen LogP contribution in [0.2, 0.25) is 0 Å². The van der Waals surface area contributed by atoms with Crippen LogP contribution in [0.5, 0.6) is 0 Å². The maximum atomic E-state index is 11.8. The summed E-state index contributed by atoms with van der Waals surface area (Å²) >= 11 is 0. The number of nitrogens with zero attached hydrogens (tertiary/aromatic N) is 1. The summed E-state index contributed by atoms with van der Waals surface area (Å²) in [6.45, 7) is 0. The third-order valence-electron chi connectivity index (χ3n) is 3.02. The van der Waals surface area contributed by atoms with E-state index in [2.05, 4.69) is 0 Å². The van der Waals surface area contributed by atoms with Crippen LogP contribution in [0.4, 0.5) is 5.69 Å². The fourth-order valence-electron chi connectivity index (χ4n) is 2.06. The lowest BCUT2D eigenvalue weighted by molar-refractivity contribution is -0.385. The second-order valence-corrected chi connectivity index (χ2v) is 6.55. The zero-order valence-electron chi connectivity index (χ0n) is 11.4. The Morgan fingerprint density at radius 1 is 1.18 bits per heavy atom. The van der Waals surface area contributed by atoms with Gasteiger partial charge in [-0.2, -0.15) is 0 Å². The number of nitro groups is 1. The molecule has 0 fully saturated rings. The smallest absolute Gasteiger partial charge is 0.342 e. The van der Waals surface area contributed by atoms with Crippen LogP contribution in [-0.4, -0.2) is 30.7 Å². The highest BCUT2D eigenvalue weighted by Gasteiger charge is 2.22. The third kappa shape index (κ3) is 2.96. The van der Waals surface area contributed by atoms with Crippen molar-refractivity contribution in [1.82, 2.24) is 0 Å². The monoisotopic (exact) mass is 321 g/mol. The van der Waals surface area contributed by atoms with E-state index in [4.69, 9.17) is 5.11 Å². The molecule has 0 unspecified atom stereocenters. The van der Waals surface area contributed by atoms with Gasteiger partial charge in [-0.1, -0.05) is 24.3 Å². The van der Waals surface area contributed by atoms with E-state index in [9.17, 15) is 23.3 Å². The van der Waals surface area contributed by atoms with Gasteiger partial charge >= 0.3 is 5.97 Å². The van der Waals surface area contributed by atoms with E-state index >= 15 is 0 Å². The molecule has 0 bridgehead atoms. The highest BCUT2D eigenvalue weighted by Crippen LogP contribution is 2.31. The molecule has 2 rings (SSSR count). The van der Waals surface area contributed by atoms with Gasteiger partial charge in [0.2, 0.25) is 0 Å². The number of sulfone groups is 1. The Morgan fingerprint density at radius 2 is 1.82 bits per heavy atom. The first-order chi connectivity index (χ1) is 10.2. The highest BCUT2D eigenvalue weighted by atomic mass is 32.2. The molecular weight excluding hydrogens is 310 g/mol. The minimum absolute atomic E-state index is 0.0207. The number of aromatic carboxylic acids is 1. The summed E-state index contributed by atoms with van der Waals surface area (Å²) in [5, 5.41) is 20.0. The number of rotatable bonds is 4. The maximum Gasteiger partial charge on any atom is 0.342 e. The van der Waals surface area contributed by atoms with Crippen molar-refractivity contribution >= 4 is 21.5 Å². The summed E-state index contributed by atoms with van der Waals surface area (Å²) < 4.78 is 23.6. The zero-order valence-corrected chi connectivity index (χ0v) is 12.2. The third-order valence-corrected chi connectivity index (χ3v) is 4.18. The van der Waals surface area contributed by atoms with Gasteiger partial charge in [0.1, 0.15) is 5.56 Å². The molecule has 22 heavy (non-hydrogen) atoms. The number of nitro benzene ring substituents is 1. The fourth-order valence-corrected chi connectivity index (χ4v) is 2.97. The molecular formula is C14H11NO6S. The lowest BCUT2D eigenvalue weighted by Gasteiger charge is -2.08. The van der Waals surface area contributed by atoms with Crippen LogP contribution in [0, 0.1) is 10.1 Å². The van der Waals surface area contributed by atoms with E-state index in [-0.39, 0.29) is 16.0 Å². The van der Waals surface area contributed by atoms with Gasteiger partial charge < -0.3 is 5.11 Å². The van der Waals surface area contributed by atoms with Crippen LogP contribution in [-0.2, 0) is 9.84 Å². The van der Waals surface area contributed by atoms with Crippen molar-refractivity contribution in [2.75, 3.05) is 6.26 Å². The maximum absolute atomic E-state index is 11.8. The molecule has 1 N–H and O–H groups in total. The largest absolute Gasteiger partial charge is 0.477 e. The minimum atomic E-state index is -3.53. The summed E-state index contributed by atoms with van der Waals surface area (Å²) in [4.78, 5) is 21.2. The van der Waals surface area contributed by atoms with Gasteiger partial charge in [-0.15, -0.1) is 0 Å². The molecule has 0 amide bonds. The summed E-state index contributed by atoms with van der Waals surface area (Å²) in [7, 11) is -3.53. The molecule has 0 heterocycles. The first kappa shape index (κ1) is 15.6. The molecule has 0 radical (unpaired) electrons. The molecule has 0 saturated carbocycles. The van der Waals surface area contributed by atoms with Crippen molar-refractivity contribution in [3.05, 3.63) is 58.1 Å². The molecule has 0 spiro atoms. The molecule has 2 aromatic rings. The number of benzene rings is 2. The van der Waals surface area contributed by atoms with E-state index in [1.807, 2.05) is 0 Å². The SMILES string of the molecule is CS(=O)(=O)c1ccccc1-c1ccc(C(=O)O)c([N+](=O)[O-])c1. The van der Waals surface area contributed by atoms with Gasteiger partial charge in [-0.25, -0.2) is 13.2 Å². The Balaban J connectivity index is 2.73. The second kappa shape index (κ2) is 5.57. The van der Waals surface area contributed by atoms with E-state index in [0.29, 0.717) is 0 Å². The number of carboxylic acids is 1. The molecule has 0 saturated heterocycles. The minimum Gasteiger partial charge on any atom is -0.477 e. The number of hydrogen-bond acceptors (Lipinski definition) is 5. The van der Waals surface area contributed by atoms with Gasteiger partial charge in [0, 0.05) is 17.9 Å². The van der Waals surface area contributed by atoms with Crippen LogP contribution in [0.3, 0.4) is 0 Å². The average molecular weight is 321 g/mol. The van der Waals surface area contributed by atoms with Gasteiger partial charge in [0.15, 0.2) is 9.84 Å². The van der Waals surface area contributed by atoms with Gasteiger partial charge in [-0.05, 0) is 17.7 Å². The first-order valence-electron chi connectivity index (χ1n) is 6.03. The fraction of sp³-hybridized carbons (Fsp3) is 0.0714. The summed E-state index contributed by atoms with van der Waals surface area (Å²) in [5.74, 6) is -1.42. The summed E-state index contributed by atoms with van der Waals surface area (Å²) in [6.07, 6.45) is 1.03. The average Bonchev–Trinajstić information content (AvgIpc) is 2.45. The van der Waals surface area contributed by atoms with E-state index in [1.54, 1.807) is 12.1 Å². The number of carbonyl (C=O) groups is 1. The second-order valence-electron chi connectivity index (χ2n) is 4.56. The Labute approximate surface area is 125 Å². The van der Waals surface area contributed by atoms with E-state index in [1.165, 1.54) is 18.2 Å². The normalized spacial score (nSPS) is 11.1. The van der Waals surface area contributed by atoms with Crippen molar-refractivity contribution in [2.45, 2.75) is 4.90 Å². The van der Waals surface area contributed by atoms with Gasteiger partial charge in [0.25, 0.3) is 5.69 Å². The van der Waals surface area contributed by atoms with Gasteiger partial charge in [-0.3, -0.25) is 10.1 Å². The Hall–Kier alpha value is -2.74. The predicted molar refractivity (Wildman–Crippen MR) is 78.6 cm³/mol. The van der Waals surface area contributed by atoms with Crippen LogP contribution in [0.1, 0.15) is 10.4 Å². The predicted octanol–water partition coefficient (Wildman–Crippen LogP) is 2.36. The van der Waals surface area contributed by atoms with Crippen molar-refractivity contribution < 1.29 is 23.2 Å². The number of hydrogen-bond donors (Lipinski definition) is 1. The standard InChI is InChI=1S/C14H11NO6S/c1-22(20,21)13-5-3-2-4-10(13)9-6-7-11(14(16)17)12(8-9)15(18)19/h2-8H,1H3,(H,16,17). The lowest BCUT2D eigenvalue weighted by atomic mass is 10.0. The van der Waals surface area contributed by atoms with E-state index in [0.717, 1.165) is 18.4 Å². The Bertz CT molecular complexity index is 873. The van der Waals surface area contributed by atoms with Crippen molar-refractivity contribution in [3.63, 3.8) is 0 Å². The molecule has 0 aromatic heterocycles. The topological polar surface area (TPSA) is 115 Å². The van der Waals surface area contributed by atoms with Crippen LogP contribution < -0.4 is 0 Å². The lowest BCUT2D eigenvalue weighted by Crippen LogP contribution is -2.04. The van der Waals surface area contributed by atoms with E-state index < -0.39 is 32.0 Å². The molecule has 0 aliphatic heterocycles. The van der Waals surface area contributed by atoms with Gasteiger partial charge in [0.05, 0.1) is 9.82 Å². The van der Waals surface area contributed by atoms with Crippen molar-refractivity contribution in [2.24, 2.45) is 0 Å². The molecule has 2 aromatic carbocycles. The molecule has 8 heteroatoms. The summed E-state index contributed by atoms with van der Waals surface area (Å²) in [5.41, 5.74) is -0.498. The Kier molecular flexibility index (Phi) is 3.96. The van der Waals surface area contributed by atoms with Crippen LogP contribution >= 0.6 is 0 Å². The first-order valence-corrected chi connectivity index (χ1v) is 7.92. The molecule has 0 aliphatic rings. The summed E-state index contributed by atoms with van der Waals surface area (Å²) in [6, 6.07) is 9.54. The highest BCUT2D eigenvalue weighted by molar-refractivity contribution is 7.90.